The van der Waals surface area contributed by atoms with Crippen molar-refractivity contribution < 1.29 is 14.3 Å². The van der Waals surface area contributed by atoms with Crippen molar-refractivity contribution >= 4 is 17.6 Å². The van der Waals surface area contributed by atoms with Gasteiger partial charge in [-0.2, -0.15) is 0 Å². The number of rotatable bonds is 5. The number of benzene rings is 1. The monoisotopic (exact) mass is 258 g/mol. The molecule has 0 spiro atoms. The summed E-state index contributed by atoms with van der Waals surface area (Å²) in [6, 6.07) is 4.22. The Morgan fingerprint density at radius 3 is 2.71 bits per heavy atom. The van der Waals surface area contributed by atoms with E-state index in [2.05, 4.69) is 0 Å². The van der Waals surface area contributed by atoms with Gasteiger partial charge in [0.15, 0.2) is 0 Å². The third-order valence-electron chi connectivity index (χ3n) is 2.91. The van der Waals surface area contributed by atoms with E-state index in [1.54, 1.807) is 6.92 Å². The zero-order valence-electron chi connectivity index (χ0n) is 9.96. The van der Waals surface area contributed by atoms with Crippen molar-refractivity contribution in [2.45, 2.75) is 33.1 Å². The van der Waals surface area contributed by atoms with Crippen LogP contribution in [0, 0.1) is 11.2 Å². The summed E-state index contributed by atoms with van der Waals surface area (Å²) < 4.78 is 13.6. The largest absolute Gasteiger partial charge is 0.481 e. The lowest BCUT2D eigenvalue weighted by Crippen LogP contribution is -2.30. The second-order valence-corrected chi connectivity index (χ2v) is 4.96. The van der Waals surface area contributed by atoms with Crippen LogP contribution < -0.4 is 0 Å². The lowest BCUT2D eigenvalue weighted by atomic mass is 9.80. The van der Waals surface area contributed by atoms with E-state index in [4.69, 9.17) is 11.6 Å². The minimum Gasteiger partial charge on any atom is -0.481 e. The Morgan fingerprint density at radius 2 is 2.18 bits per heavy atom. The molecule has 0 aliphatic carbocycles. The summed E-state index contributed by atoms with van der Waals surface area (Å²) in [4.78, 5) is 11.3. The molecule has 0 bridgehead atoms. The first-order valence-electron chi connectivity index (χ1n) is 5.56. The fourth-order valence-corrected chi connectivity index (χ4v) is 2.12. The molecular formula is C13H16ClFO2. The van der Waals surface area contributed by atoms with Gasteiger partial charge in [-0.1, -0.05) is 24.9 Å². The number of carboxylic acid groups (broad SMARTS) is 1. The maximum atomic E-state index is 13.6. The maximum Gasteiger partial charge on any atom is 0.309 e. The molecule has 1 unspecified atom stereocenters. The molecule has 0 aromatic heterocycles. The molecule has 0 radical (unpaired) electrons. The minimum absolute atomic E-state index is 0.155. The lowest BCUT2D eigenvalue weighted by molar-refractivity contribution is -0.148. The highest BCUT2D eigenvalue weighted by Crippen LogP contribution is 2.30. The molecule has 1 rings (SSSR count). The standard InChI is InChI=1S/C13H16ClFO2/c1-3-6-13(2,12(16)17)8-9-7-10(14)4-5-11(9)15/h4-5,7H,3,6,8H2,1-2H3,(H,16,17). The summed E-state index contributed by atoms with van der Waals surface area (Å²) in [6.45, 7) is 3.55. The van der Waals surface area contributed by atoms with E-state index in [0.717, 1.165) is 6.42 Å². The van der Waals surface area contributed by atoms with Gasteiger partial charge in [-0.3, -0.25) is 4.79 Å². The normalized spacial score (nSPS) is 14.4. The molecule has 1 aromatic rings. The molecule has 0 aliphatic heterocycles. The molecule has 1 N–H and O–H groups in total. The van der Waals surface area contributed by atoms with E-state index >= 15 is 0 Å². The first-order valence-corrected chi connectivity index (χ1v) is 5.94. The summed E-state index contributed by atoms with van der Waals surface area (Å²) in [6.07, 6.45) is 1.40. The van der Waals surface area contributed by atoms with Gasteiger partial charge in [0.2, 0.25) is 0 Å². The van der Waals surface area contributed by atoms with Gasteiger partial charge in [0, 0.05) is 5.02 Å². The lowest BCUT2D eigenvalue weighted by Gasteiger charge is -2.24. The molecule has 94 valence electrons. The topological polar surface area (TPSA) is 37.3 Å². The van der Waals surface area contributed by atoms with Crippen molar-refractivity contribution in [3.05, 3.63) is 34.6 Å². The van der Waals surface area contributed by atoms with Gasteiger partial charge in [-0.05, 0) is 43.5 Å². The van der Waals surface area contributed by atoms with Crippen molar-refractivity contribution in [1.29, 1.82) is 0 Å². The van der Waals surface area contributed by atoms with E-state index in [1.807, 2.05) is 6.92 Å². The summed E-state index contributed by atoms with van der Waals surface area (Å²) >= 11 is 5.79. The molecule has 2 nitrogen and oxygen atoms in total. The number of hydrogen-bond acceptors (Lipinski definition) is 1. The molecule has 0 heterocycles. The van der Waals surface area contributed by atoms with E-state index in [1.165, 1.54) is 18.2 Å². The molecule has 0 aliphatic rings. The highest BCUT2D eigenvalue weighted by Gasteiger charge is 2.33. The van der Waals surface area contributed by atoms with E-state index < -0.39 is 17.2 Å². The Kier molecular flexibility index (Phi) is 4.52. The predicted octanol–water partition coefficient (Wildman–Crippen LogP) is 3.91. The van der Waals surface area contributed by atoms with Crippen molar-refractivity contribution in [1.82, 2.24) is 0 Å². The Morgan fingerprint density at radius 1 is 1.53 bits per heavy atom. The fraction of sp³-hybridized carbons (Fsp3) is 0.462. The Balaban J connectivity index is 3.01. The van der Waals surface area contributed by atoms with Gasteiger partial charge >= 0.3 is 5.97 Å². The van der Waals surface area contributed by atoms with Crippen LogP contribution in [0.4, 0.5) is 4.39 Å². The Labute approximate surface area is 105 Å². The number of carboxylic acids is 1. The molecule has 0 amide bonds. The smallest absolute Gasteiger partial charge is 0.309 e. The minimum atomic E-state index is -0.944. The SMILES string of the molecule is CCCC(C)(Cc1cc(Cl)ccc1F)C(=O)O. The third-order valence-corrected chi connectivity index (χ3v) is 3.14. The second kappa shape index (κ2) is 5.50. The van der Waals surface area contributed by atoms with Gasteiger partial charge in [0.05, 0.1) is 5.41 Å². The highest BCUT2D eigenvalue weighted by molar-refractivity contribution is 6.30. The van der Waals surface area contributed by atoms with Crippen LogP contribution in [0.2, 0.25) is 5.02 Å². The number of carbonyl (C=O) groups is 1. The van der Waals surface area contributed by atoms with Gasteiger partial charge in [0.1, 0.15) is 5.82 Å². The number of hydrogen-bond donors (Lipinski definition) is 1. The molecule has 1 atom stereocenters. The van der Waals surface area contributed by atoms with Gasteiger partial charge in [-0.15, -0.1) is 0 Å². The molecule has 0 saturated carbocycles. The van der Waals surface area contributed by atoms with E-state index in [9.17, 15) is 14.3 Å². The summed E-state index contributed by atoms with van der Waals surface area (Å²) in [5.74, 6) is -1.31. The second-order valence-electron chi connectivity index (χ2n) is 4.53. The summed E-state index contributed by atoms with van der Waals surface area (Å²) in [5.41, 5.74) is -0.587. The predicted molar refractivity (Wildman–Crippen MR) is 65.8 cm³/mol. The molecule has 1 aromatic carbocycles. The van der Waals surface area contributed by atoms with Crippen molar-refractivity contribution in [2.75, 3.05) is 0 Å². The molecule has 0 fully saturated rings. The average molecular weight is 259 g/mol. The molecule has 17 heavy (non-hydrogen) atoms. The molecular weight excluding hydrogens is 243 g/mol. The van der Waals surface area contributed by atoms with Crippen LogP contribution in [0.25, 0.3) is 0 Å². The first kappa shape index (κ1) is 14.0. The Bertz CT molecular complexity index is 420. The van der Waals surface area contributed by atoms with Gasteiger partial charge < -0.3 is 5.11 Å². The Hall–Kier alpha value is -1.09. The zero-order valence-corrected chi connectivity index (χ0v) is 10.7. The van der Waals surface area contributed by atoms with Crippen LogP contribution in [-0.4, -0.2) is 11.1 Å². The van der Waals surface area contributed by atoms with Crippen LogP contribution in [0.1, 0.15) is 32.3 Å². The molecule has 4 heteroatoms. The summed E-state index contributed by atoms with van der Waals surface area (Å²) in [7, 11) is 0. The fourth-order valence-electron chi connectivity index (χ4n) is 1.92. The van der Waals surface area contributed by atoms with E-state index in [-0.39, 0.29) is 6.42 Å². The van der Waals surface area contributed by atoms with Crippen LogP contribution in [-0.2, 0) is 11.2 Å². The van der Waals surface area contributed by atoms with Crippen LogP contribution in [0.5, 0.6) is 0 Å². The average Bonchev–Trinajstić information content (AvgIpc) is 2.23. The summed E-state index contributed by atoms with van der Waals surface area (Å²) in [5, 5.41) is 9.65. The van der Waals surface area contributed by atoms with Crippen LogP contribution in [0.3, 0.4) is 0 Å². The van der Waals surface area contributed by atoms with Crippen molar-refractivity contribution in [2.24, 2.45) is 5.41 Å². The van der Waals surface area contributed by atoms with Gasteiger partial charge in [-0.25, -0.2) is 4.39 Å². The third kappa shape index (κ3) is 3.43. The quantitative estimate of drug-likeness (QED) is 0.869. The van der Waals surface area contributed by atoms with Gasteiger partial charge in [0.25, 0.3) is 0 Å². The number of halogens is 2. The van der Waals surface area contributed by atoms with Crippen LogP contribution >= 0.6 is 11.6 Å². The van der Waals surface area contributed by atoms with Crippen LogP contribution in [0.15, 0.2) is 18.2 Å². The first-order chi connectivity index (χ1) is 7.89. The maximum absolute atomic E-state index is 13.6. The van der Waals surface area contributed by atoms with E-state index in [0.29, 0.717) is 17.0 Å². The molecule has 0 saturated heterocycles. The van der Waals surface area contributed by atoms with Crippen molar-refractivity contribution in [3.8, 4) is 0 Å². The zero-order chi connectivity index (χ0) is 13.1. The highest BCUT2D eigenvalue weighted by atomic mass is 35.5. The number of aliphatic carboxylic acids is 1. The van der Waals surface area contributed by atoms with Crippen molar-refractivity contribution in [3.63, 3.8) is 0 Å².